The van der Waals surface area contributed by atoms with Gasteiger partial charge in [0.05, 0.1) is 23.7 Å². The van der Waals surface area contributed by atoms with Crippen LogP contribution in [-0.4, -0.2) is 61.3 Å². The summed E-state index contributed by atoms with van der Waals surface area (Å²) in [5.74, 6) is -1.76. The SMILES string of the molecule is COCCN(CCOC)c1ncnc(NNC(=O)c2ccccc2F)c1[N+](=O)[O-]. The van der Waals surface area contributed by atoms with Crippen molar-refractivity contribution in [3.63, 3.8) is 0 Å². The van der Waals surface area contributed by atoms with E-state index in [9.17, 15) is 19.3 Å². The van der Waals surface area contributed by atoms with Crippen LogP contribution in [-0.2, 0) is 9.47 Å². The Morgan fingerprint density at radius 1 is 1.21 bits per heavy atom. The van der Waals surface area contributed by atoms with Crippen molar-refractivity contribution in [2.75, 3.05) is 50.8 Å². The number of carbonyl (C=O) groups excluding carboxylic acids is 1. The number of nitro groups is 1. The Labute approximate surface area is 166 Å². The molecule has 2 aromatic rings. The maximum absolute atomic E-state index is 13.7. The zero-order valence-corrected chi connectivity index (χ0v) is 15.9. The average molecular weight is 408 g/mol. The molecule has 0 radical (unpaired) electrons. The third-order valence-electron chi connectivity index (χ3n) is 3.83. The number of nitrogens with zero attached hydrogens (tertiary/aromatic N) is 4. The second-order valence-electron chi connectivity index (χ2n) is 5.68. The summed E-state index contributed by atoms with van der Waals surface area (Å²) in [7, 11) is 3.02. The van der Waals surface area contributed by atoms with E-state index in [-0.39, 0.29) is 17.2 Å². The number of amides is 1. The van der Waals surface area contributed by atoms with Crippen molar-refractivity contribution < 1.29 is 23.6 Å². The van der Waals surface area contributed by atoms with Crippen LogP contribution < -0.4 is 15.8 Å². The molecule has 0 aliphatic heterocycles. The predicted octanol–water partition coefficient (Wildman–Crippen LogP) is 1.38. The first-order chi connectivity index (χ1) is 14.0. The molecule has 0 fully saturated rings. The summed E-state index contributed by atoms with van der Waals surface area (Å²) in [6, 6.07) is 5.34. The molecule has 2 N–H and O–H groups in total. The first kappa shape index (κ1) is 21.9. The van der Waals surface area contributed by atoms with Gasteiger partial charge in [-0.1, -0.05) is 12.1 Å². The lowest BCUT2D eigenvalue weighted by Gasteiger charge is -2.23. The van der Waals surface area contributed by atoms with Gasteiger partial charge in [-0.25, -0.2) is 14.4 Å². The highest BCUT2D eigenvalue weighted by Crippen LogP contribution is 2.31. The smallest absolute Gasteiger partial charge is 0.355 e. The third kappa shape index (κ3) is 5.80. The Bertz CT molecular complexity index is 845. The largest absolute Gasteiger partial charge is 0.383 e. The Balaban J connectivity index is 2.28. The van der Waals surface area contributed by atoms with Crippen LogP contribution in [0.2, 0.25) is 0 Å². The summed E-state index contributed by atoms with van der Waals surface area (Å²) in [6.45, 7) is 1.24. The monoisotopic (exact) mass is 408 g/mol. The summed E-state index contributed by atoms with van der Waals surface area (Å²) < 4.78 is 23.8. The lowest BCUT2D eigenvalue weighted by molar-refractivity contribution is -0.383. The van der Waals surface area contributed by atoms with Crippen LogP contribution >= 0.6 is 0 Å². The van der Waals surface area contributed by atoms with E-state index in [1.807, 2.05) is 0 Å². The fourth-order valence-corrected chi connectivity index (χ4v) is 2.42. The number of hydrazine groups is 1. The van der Waals surface area contributed by atoms with Gasteiger partial charge in [-0.2, -0.15) is 0 Å². The lowest BCUT2D eigenvalue weighted by Crippen LogP contribution is -2.33. The molecule has 0 spiro atoms. The van der Waals surface area contributed by atoms with E-state index in [1.165, 1.54) is 32.4 Å². The molecule has 0 bridgehead atoms. The van der Waals surface area contributed by atoms with Crippen molar-refractivity contribution in [1.29, 1.82) is 0 Å². The molecule has 1 heterocycles. The van der Waals surface area contributed by atoms with Gasteiger partial charge in [-0.05, 0) is 12.1 Å². The number of rotatable bonds is 11. The Hall–Kier alpha value is -3.38. The second kappa shape index (κ2) is 10.8. The maximum Gasteiger partial charge on any atom is 0.355 e. The van der Waals surface area contributed by atoms with Crippen molar-refractivity contribution in [1.82, 2.24) is 15.4 Å². The minimum absolute atomic E-state index is 0.0294. The number of carbonyl (C=O) groups is 1. The van der Waals surface area contributed by atoms with Crippen LogP contribution in [0.25, 0.3) is 0 Å². The fourth-order valence-electron chi connectivity index (χ4n) is 2.42. The summed E-state index contributed by atoms with van der Waals surface area (Å²) in [5.41, 5.74) is 3.92. The fraction of sp³-hybridized carbons (Fsp3) is 0.353. The number of nitrogens with one attached hydrogen (secondary N) is 2. The molecule has 0 unspecified atom stereocenters. The van der Waals surface area contributed by atoms with Crippen LogP contribution in [0.5, 0.6) is 0 Å². The van der Waals surface area contributed by atoms with Crippen LogP contribution in [0.3, 0.4) is 0 Å². The summed E-state index contributed by atoms with van der Waals surface area (Å²) in [4.78, 5) is 32.6. The van der Waals surface area contributed by atoms with Crippen LogP contribution in [0, 0.1) is 15.9 Å². The van der Waals surface area contributed by atoms with Gasteiger partial charge in [0.25, 0.3) is 5.91 Å². The number of benzene rings is 1. The summed E-state index contributed by atoms with van der Waals surface area (Å²) in [5, 5.41) is 11.7. The average Bonchev–Trinajstić information content (AvgIpc) is 2.72. The third-order valence-corrected chi connectivity index (χ3v) is 3.83. The molecule has 1 amide bonds. The van der Waals surface area contributed by atoms with Crippen LogP contribution in [0.15, 0.2) is 30.6 Å². The van der Waals surface area contributed by atoms with Crippen molar-refractivity contribution in [3.8, 4) is 0 Å². The molecule has 0 aliphatic carbocycles. The number of ether oxygens (including phenoxy) is 2. The minimum atomic E-state index is -0.812. The zero-order valence-electron chi connectivity index (χ0n) is 15.9. The van der Waals surface area contributed by atoms with E-state index in [0.29, 0.717) is 26.3 Å². The second-order valence-corrected chi connectivity index (χ2v) is 5.68. The van der Waals surface area contributed by atoms with E-state index in [2.05, 4.69) is 20.8 Å². The first-order valence-corrected chi connectivity index (χ1v) is 8.52. The molecule has 1 aromatic carbocycles. The Morgan fingerprint density at radius 3 is 2.45 bits per heavy atom. The predicted molar refractivity (Wildman–Crippen MR) is 102 cm³/mol. The standard InChI is InChI=1S/C17H21FN6O5/c1-28-9-7-23(8-10-29-2)16-14(24(26)27)15(19-11-20-16)21-22-17(25)12-5-3-4-6-13(12)18/h3-6,11H,7-10H2,1-2H3,(H,22,25)(H,19,20,21). The van der Waals surface area contributed by atoms with Crippen molar-refractivity contribution in [2.45, 2.75) is 0 Å². The quantitative estimate of drug-likeness (QED) is 0.418. The number of methoxy groups -OCH3 is 2. The van der Waals surface area contributed by atoms with Crippen molar-refractivity contribution >= 4 is 23.2 Å². The molecule has 11 nitrogen and oxygen atoms in total. The first-order valence-electron chi connectivity index (χ1n) is 8.52. The van der Waals surface area contributed by atoms with Gasteiger partial charge in [-0.15, -0.1) is 0 Å². The van der Waals surface area contributed by atoms with Gasteiger partial charge in [-0.3, -0.25) is 25.8 Å². The number of anilines is 2. The van der Waals surface area contributed by atoms with Gasteiger partial charge < -0.3 is 14.4 Å². The topological polar surface area (TPSA) is 132 Å². The highest BCUT2D eigenvalue weighted by molar-refractivity contribution is 5.95. The number of hydrogen-bond donors (Lipinski definition) is 2. The summed E-state index contributed by atoms with van der Waals surface area (Å²) >= 11 is 0. The molecule has 1 aromatic heterocycles. The number of hydrogen-bond acceptors (Lipinski definition) is 9. The molecule has 156 valence electrons. The molecule has 0 aliphatic rings. The van der Waals surface area contributed by atoms with E-state index in [0.717, 1.165) is 12.4 Å². The van der Waals surface area contributed by atoms with Crippen LogP contribution in [0.1, 0.15) is 10.4 Å². The summed E-state index contributed by atoms with van der Waals surface area (Å²) in [6.07, 6.45) is 1.12. The van der Waals surface area contributed by atoms with Gasteiger partial charge in [0.1, 0.15) is 12.1 Å². The Morgan fingerprint density at radius 2 is 1.86 bits per heavy atom. The van der Waals surface area contributed by atoms with Gasteiger partial charge in [0.2, 0.25) is 11.6 Å². The van der Waals surface area contributed by atoms with Crippen molar-refractivity contribution in [3.05, 3.63) is 52.1 Å². The van der Waals surface area contributed by atoms with Crippen LogP contribution in [0.4, 0.5) is 21.7 Å². The van der Waals surface area contributed by atoms with Gasteiger partial charge in [0.15, 0.2) is 0 Å². The van der Waals surface area contributed by atoms with E-state index in [4.69, 9.17) is 9.47 Å². The molecule has 0 atom stereocenters. The van der Waals surface area contributed by atoms with E-state index < -0.39 is 22.3 Å². The molecule has 0 saturated carbocycles. The number of aromatic nitrogens is 2. The molecule has 2 rings (SSSR count). The zero-order chi connectivity index (χ0) is 21.2. The van der Waals surface area contributed by atoms with E-state index in [1.54, 1.807) is 4.90 Å². The van der Waals surface area contributed by atoms with Crippen molar-refractivity contribution in [2.24, 2.45) is 0 Å². The number of halogens is 1. The van der Waals surface area contributed by atoms with Gasteiger partial charge >= 0.3 is 5.69 Å². The van der Waals surface area contributed by atoms with Gasteiger partial charge in [0, 0.05) is 27.3 Å². The molecule has 0 saturated heterocycles. The lowest BCUT2D eigenvalue weighted by atomic mass is 10.2. The normalized spacial score (nSPS) is 10.4. The maximum atomic E-state index is 13.7. The molecule has 12 heteroatoms. The Kier molecular flexibility index (Phi) is 8.18. The highest BCUT2D eigenvalue weighted by atomic mass is 19.1. The van der Waals surface area contributed by atoms with E-state index >= 15 is 0 Å². The minimum Gasteiger partial charge on any atom is -0.383 e. The molecule has 29 heavy (non-hydrogen) atoms. The highest BCUT2D eigenvalue weighted by Gasteiger charge is 2.27. The molecular formula is C17H21FN6O5. The molecular weight excluding hydrogens is 387 g/mol.